The zero-order valence-electron chi connectivity index (χ0n) is 9.01. The van der Waals surface area contributed by atoms with Crippen LogP contribution in [0.15, 0.2) is 28.7 Å². The molecule has 0 saturated carbocycles. The number of hydrogen-bond donors (Lipinski definition) is 0. The third-order valence-corrected chi connectivity index (χ3v) is 4.17. The average Bonchev–Trinajstić information content (AvgIpc) is 2.06. The molecule has 0 fully saturated rings. The molecular weight excluding hydrogens is 256 g/mol. The molecule has 0 aliphatic carbocycles. The fourth-order valence-corrected chi connectivity index (χ4v) is 1.98. The predicted octanol–water partition coefficient (Wildman–Crippen LogP) is 4.17. The predicted molar refractivity (Wildman–Crippen MR) is 67.8 cm³/mol. The summed E-state index contributed by atoms with van der Waals surface area (Å²) in [4.78, 5) is 0. The van der Waals surface area contributed by atoms with E-state index < -0.39 is 8.07 Å². The molecule has 3 heteroatoms. The summed E-state index contributed by atoms with van der Waals surface area (Å²) in [6, 6.07) is 9.21. The minimum absolute atomic E-state index is 0.845. The smallest absolute Gasteiger partial charge is 0.119 e. The van der Waals surface area contributed by atoms with Gasteiger partial charge in [0, 0.05) is 12.5 Å². The van der Waals surface area contributed by atoms with Crippen molar-refractivity contribution in [3.05, 3.63) is 28.7 Å². The van der Waals surface area contributed by atoms with Gasteiger partial charge in [0.1, 0.15) is 5.75 Å². The summed E-state index contributed by atoms with van der Waals surface area (Å²) in [6.45, 7) is 7.92. The Bertz CT molecular complexity index is 276. The third-order valence-electron chi connectivity index (χ3n) is 1.93. The molecule has 0 atom stereocenters. The minimum atomic E-state index is -0.956. The third kappa shape index (κ3) is 4.82. The van der Waals surface area contributed by atoms with Crippen molar-refractivity contribution < 1.29 is 4.74 Å². The Kier molecular flexibility index (Phi) is 4.20. The summed E-state index contributed by atoms with van der Waals surface area (Å²) in [5, 5.41) is 0. The van der Waals surface area contributed by atoms with Crippen molar-refractivity contribution in [3.8, 4) is 5.75 Å². The zero-order chi connectivity index (χ0) is 10.6. The molecule has 0 amide bonds. The van der Waals surface area contributed by atoms with Crippen molar-refractivity contribution in [3.63, 3.8) is 0 Å². The molecule has 0 radical (unpaired) electrons. The summed E-state index contributed by atoms with van der Waals surface area (Å²) in [7, 11) is -0.956. The van der Waals surface area contributed by atoms with Crippen LogP contribution < -0.4 is 4.74 Å². The number of rotatable bonds is 4. The van der Waals surface area contributed by atoms with Gasteiger partial charge in [0.25, 0.3) is 0 Å². The van der Waals surface area contributed by atoms with Crippen molar-refractivity contribution >= 4 is 24.0 Å². The van der Waals surface area contributed by atoms with Crippen LogP contribution in [0.3, 0.4) is 0 Å². The number of hydrogen-bond acceptors (Lipinski definition) is 1. The van der Waals surface area contributed by atoms with E-state index in [4.69, 9.17) is 4.74 Å². The van der Waals surface area contributed by atoms with E-state index >= 15 is 0 Å². The lowest BCUT2D eigenvalue weighted by atomic mass is 10.3. The fourth-order valence-electron chi connectivity index (χ4n) is 1.01. The Morgan fingerprint density at radius 1 is 1.14 bits per heavy atom. The van der Waals surface area contributed by atoms with E-state index in [9.17, 15) is 0 Å². The Labute approximate surface area is 95.6 Å². The van der Waals surface area contributed by atoms with Gasteiger partial charge >= 0.3 is 0 Å². The molecule has 0 bridgehead atoms. The first kappa shape index (κ1) is 11.8. The second-order valence-corrected chi connectivity index (χ2v) is 11.2. The van der Waals surface area contributed by atoms with Crippen LogP contribution >= 0.6 is 15.9 Å². The van der Waals surface area contributed by atoms with Gasteiger partial charge in [-0.1, -0.05) is 35.6 Å². The molecule has 0 N–H and O–H groups in total. The van der Waals surface area contributed by atoms with E-state index in [2.05, 4.69) is 35.6 Å². The fraction of sp³-hybridized carbons (Fsp3) is 0.455. The molecule has 1 nitrogen and oxygen atoms in total. The first-order chi connectivity index (χ1) is 6.47. The topological polar surface area (TPSA) is 9.23 Å². The molecule has 0 heterocycles. The molecule has 78 valence electrons. The van der Waals surface area contributed by atoms with Gasteiger partial charge in [0.2, 0.25) is 0 Å². The summed E-state index contributed by atoms with van der Waals surface area (Å²) in [6.07, 6.45) is 0. The molecule has 1 rings (SSSR count). The molecule has 0 aliphatic heterocycles. The molecule has 14 heavy (non-hydrogen) atoms. The number of benzene rings is 1. The van der Waals surface area contributed by atoms with Crippen molar-refractivity contribution in [2.24, 2.45) is 0 Å². The van der Waals surface area contributed by atoms with Crippen molar-refractivity contribution in [1.82, 2.24) is 0 Å². The summed E-state index contributed by atoms with van der Waals surface area (Å²) >= 11 is 3.40. The van der Waals surface area contributed by atoms with Gasteiger partial charge in [-0.3, -0.25) is 0 Å². The Balaban J connectivity index is 2.35. The highest BCUT2D eigenvalue weighted by Crippen LogP contribution is 2.17. The maximum Gasteiger partial charge on any atom is 0.119 e. The van der Waals surface area contributed by atoms with E-state index in [0.717, 1.165) is 16.8 Å². The summed E-state index contributed by atoms with van der Waals surface area (Å²) < 4.78 is 6.74. The quantitative estimate of drug-likeness (QED) is 0.748. The standard InChI is InChI=1S/C11H17BrOSi/c1-14(2,3)9-8-13-11-6-4-10(12)5-7-11/h4-7H,8-9H2,1-3H3. The lowest BCUT2D eigenvalue weighted by Gasteiger charge is -2.15. The molecular formula is C11H17BrOSi. The van der Waals surface area contributed by atoms with Gasteiger partial charge in [-0.05, 0) is 30.3 Å². The first-order valence-corrected chi connectivity index (χ1v) is 9.36. The van der Waals surface area contributed by atoms with Gasteiger partial charge in [0.15, 0.2) is 0 Å². The molecule has 0 saturated heterocycles. The largest absolute Gasteiger partial charge is 0.494 e. The summed E-state index contributed by atoms with van der Waals surface area (Å²) in [5.74, 6) is 0.964. The van der Waals surface area contributed by atoms with E-state index in [1.807, 2.05) is 24.3 Å². The van der Waals surface area contributed by atoms with Crippen LogP contribution in [-0.2, 0) is 0 Å². The first-order valence-electron chi connectivity index (χ1n) is 4.86. The van der Waals surface area contributed by atoms with Crippen molar-refractivity contribution in [2.45, 2.75) is 25.7 Å². The maximum atomic E-state index is 5.65. The molecule has 1 aromatic rings. The van der Waals surface area contributed by atoms with Gasteiger partial charge in [-0.25, -0.2) is 0 Å². The molecule has 0 aromatic heterocycles. The van der Waals surface area contributed by atoms with Crippen LogP contribution in [0.2, 0.25) is 25.7 Å². The highest BCUT2D eigenvalue weighted by atomic mass is 79.9. The SMILES string of the molecule is C[Si](C)(C)CCOc1ccc(Br)cc1. The van der Waals surface area contributed by atoms with Gasteiger partial charge in [0.05, 0.1) is 6.61 Å². The van der Waals surface area contributed by atoms with Crippen LogP contribution in [0.4, 0.5) is 0 Å². The lowest BCUT2D eigenvalue weighted by Crippen LogP contribution is -2.22. The van der Waals surface area contributed by atoms with Crippen molar-refractivity contribution in [2.75, 3.05) is 6.61 Å². The van der Waals surface area contributed by atoms with Crippen LogP contribution in [0, 0.1) is 0 Å². The normalized spacial score (nSPS) is 11.4. The number of ether oxygens (including phenoxy) is 1. The molecule has 0 unspecified atom stereocenters. The van der Waals surface area contributed by atoms with Crippen LogP contribution in [-0.4, -0.2) is 14.7 Å². The number of halogens is 1. The zero-order valence-corrected chi connectivity index (χ0v) is 11.6. The van der Waals surface area contributed by atoms with Gasteiger partial charge < -0.3 is 4.74 Å². The minimum Gasteiger partial charge on any atom is -0.494 e. The summed E-state index contributed by atoms with van der Waals surface area (Å²) in [5.41, 5.74) is 0. The second kappa shape index (κ2) is 4.98. The van der Waals surface area contributed by atoms with E-state index in [0.29, 0.717) is 0 Å². The van der Waals surface area contributed by atoms with Crippen molar-refractivity contribution in [1.29, 1.82) is 0 Å². The van der Waals surface area contributed by atoms with Crippen LogP contribution in [0.1, 0.15) is 0 Å². The molecule has 1 aromatic carbocycles. The van der Waals surface area contributed by atoms with E-state index in [-0.39, 0.29) is 0 Å². The van der Waals surface area contributed by atoms with E-state index in [1.54, 1.807) is 0 Å². The Hall–Kier alpha value is -0.283. The molecule has 0 spiro atoms. The lowest BCUT2D eigenvalue weighted by molar-refractivity contribution is 0.338. The Morgan fingerprint density at radius 3 is 2.21 bits per heavy atom. The van der Waals surface area contributed by atoms with Gasteiger partial charge in [-0.15, -0.1) is 0 Å². The average molecular weight is 273 g/mol. The highest BCUT2D eigenvalue weighted by Gasteiger charge is 2.12. The monoisotopic (exact) mass is 272 g/mol. The van der Waals surface area contributed by atoms with Crippen LogP contribution in [0.25, 0.3) is 0 Å². The Morgan fingerprint density at radius 2 is 1.71 bits per heavy atom. The second-order valence-electron chi connectivity index (χ2n) is 4.61. The van der Waals surface area contributed by atoms with E-state index in [1.165, 1.54) is 6.04 Å². The highest BCUT2D eigenvalue weighted by molar-refractivity contribution is 9.10. The molecule has 0 aliphatic rings. The van der Waals surface area contributed by atoms with Crippen LogP contribution in [0.5, 0.6) is 5.75 Å². The van der Waals surface area contributed by atoms with Gasteiger partial charge in [-0.2, -0.15) is 0 Å². The maximum absolute atomic E-state index is 5.65.